The van der Waals surface area contributed by atoms with E-state index in [0.717, 1.165) is 75.1 Å². The predicted octanol–water partition coefficient (Wildman–Crippen LogP) is 4.29. The van der Waals surface area contributed by atoms with Gasteiger partial charge in [-0.25, -0.2) is 9.97 Å². The Morgan fingerprint density at radius 3 is 2.34 bits per heavy atom. The number of anilines is 2. The van der Waals surface area contributed by atoms with E-state index < -0.39 is 0 Å². The average molecular weight is 563 g/mol. The number of amides is 2. The van der Waals surface area contributed by atoms with E-state index in [2.05, 4.69) is 57.6 Å². The Kier molecular flexibility index (Phi) is 9.88. The second kappa shape index (κ2) is 13.7. The van der Waals surface area contributed by atoms with Crippen molar-refractivity contribution in [2.75, 3.05) is 62.3 Å². The highest BCUT2D eigenvalue weighted by molar-refractivity contribution is 5.97. The normalized spacial score (nSPS) is 20.0. The molecule has 1 saturated heterocycles. The number of carbonyl (C=O) groups excluding carboxylic acids is 2. The van der Waals surface area contributed by atoms with Gasteiger partial charge in [-0.1, -0.05) is 37.5 Å². The van der Waals surface area contributed by atoms with Crippen molar-refractivity contribution in [1.29, 1.82) is 0 Å². The van der Waals surface area contributed by atoms with Crippen LogP contribution in [-0.2, 0) is 16.1 Å². The number of benzene rings is 1. The molecule has 222 valence electrons. The zero-order valence-electron chi connectivity index (χ0n) is 25.1. The average Bonchev–Trinajstić information content (AvgIpc) is 3.04. The van der Waals surface area contributed by atoms with Crippen LogP contribution in [0, 0.1) is 12.8 Å². The standard InChI is InChI=1S/C32H46N6O3/c1-24(2)35-13-8-14-38(31(40)26-10-5-4-6-11-26)29-25(3)9-7-12-27(29)23-37(16-15-35)30(39)28-21-33-32(34-22-28)36-17-19-41-20-18-36/h7,9,12,21-22,24,26H,4-6,8,10-11,13-20,23H2,1-3H3. The van der Waals surface area contributed by atoms with Crippen LogP contribution in [0.2, 0.25) is 0 Å². The van der Waals surface area contributed by atoms with Crippen molar-refractivity contribution in [3.05, 3.63) is 47.3 Å². The number of aryl methyl sites for hydroxylation is 1. The van der Waals surface area contributed by atoms with Gasteiger partial charge >= 0.3 is 0 Å². The van der Waals surface area contributed by atoms with Crippen molar-refractivity contribution in [3.63, 3.8) is 0 Å². The van der Waals surface area contributed by atoms with Gasteiger partial charge in [0.1, 0.15) is 0 Å². The van der Waals surface area contributed by atoms with Gasteiger partial charge in [0.2, 0.25) is 11.9 Å². The smallest absolute Gasteiger partial charge is 0.257 e. The summed E-state index contributed by atoms with van der Waals surface area (Å²) in [6.07, 6.45) is 9.62. The first-order valence-electron chi connectivity index (χ1n) is 15.5. The summed E-state index contributed by atoms with van der Waals surface area (Å²) >= 11 is 0. The molecule has 3 aliphatic rings. The van der Waals surface area contributed by atoms with E-state index in [9.17, 15) is 9.59 Å². The zero-order chi connectivity index (χ0) is 28.8. The number of para-hydroxylation sites is 1. The van der Waals surface area contributed by atoms with Gasteiger partial charge in [0.05, 0.1) is 24.5 Å². The second-order valence-electron chi connectivity index (χ2n) is 12.0. The van der Waals surface area contributed by atoms with Crippen LogP contribution in [0.1, 0.15) is 73.9 Å². The maximum Gasteiger partial charge on any atom is 0.257 e. The molecule has 1 aromatic carbocycles. The van der Waals surface area contributed by atoms with Gasteiger partial charge in [0.15, 0.2) is 0 Å². The molecular formula is C32H46N6O3. The minimum Gasteiger partial charge on any atom is -0.378 e. The van der Waals surface area contributed by atoms with E-state index in [0.29, 0.717) is 50.4 Å². The highest BCUT2D eigenvalue weighted by atomic mass is 16.5. The van der Waals surface area contributed by atoms with Gasteiger partial charge in [0.25, 0.3) is 5.91 Å². The molecule has 0 radical (unpaired) electrons. The summed E-state index contributed by atoms with van der Waals surface area (Å²) < 4.78 is 5.45. The third-order valence-corrected chi connectivity index (χ3v) is 8.85. The van der Waals surface area contributed by atoms with E-state index in [1.165, 1.54) is 6.42 Å². The summed E-state index contributed by atoms with van der Waals surface area (Å²) in [5.41, 5.74) is 3.57. The van der Waals surface area contributed by atoms with Crippen LogP contribution in [0.5, 0.6) is 0 Å². The molecule has 41 heavy (non-hydrogen) atoms. The number of fused-ring (bicyclic) bond motifs is 1. The number of hydrogen-bond donors (Lipinski definition) is 0. The van der Waals surface area contributed by atoms with E-state index in [-0.39, 0.29) is 17.7 Å². The molecule has 0 spiro atoms. The van der Waals surface area contributed by atoms with Crippen molar-refractivity contribution in [2.45, 2.75) is 71.9 Å². The zero-order valence-corrected chi connectivity index (χ0v) is 25.1. The molecule has 0 unspecified atom stereocenters. The number of rotatable bonds is 4. The molecule has 2 fully saturated rings. The quantitative estimate of drug-likeness (QED) is 0.550. The lowest BCUT2D eigenvalue weighted by Crippen LogP contribution is -2.42. The molecule has 2 aromatic rings. The van der Waals surface area contributed by atoms with Crippen LogP contribution in [0.15, 0.2) is 30.6 Å². The minimum atomic E-state index is -0.0842. The van der Waals surface area contributed by atoms with Crippen molar-refractivity contribution >= 4 is 23.5 Å². The first-order chi connectivity index (χ1) is 19.9. The summed E-state index contributed by atoms with van der Waals surface area (Å²) in [6.45, 7) is 12.7. The molecule has 9 nitrogen and oxygen atoms in total. The van der Waals surface area contributed by atoms with E-state index in [1.54, 1.807) is 12.4 Å². The van der Waals surface area contributed by atoms with Gasteiger partial charge in [-0.05, 0) is 51.2 Å². The fourth-order valence-corrected chi connectivity index (χ4v) is 6.44. The molecule has 1 saturated carbocycles. The molecule has 0 atom stereocenters. The molecule has 9 heteroatoms. The Bertz CT molecular complexity index is 1170. The molecule has 2 aliphatic heterocycles. The lowest BCUT2D eigenvalue weighted by atomic mass is 9.87. The van der Waals surface area contributed by atoms with E-state index in [4.69, 9.17) is 4.74 Å². The third-order valence-electron chi connectivity index (χ3n) is 8.85. The van der Waals surface area contributed by atoms with Crippen LogP contribution in [-0.4, -0.2) is 90.1 Å². The summed E-state index contributed by atoms with van der Waals surface area (Å²) in [6, 6.07) is 6.56. The van der Waals surface area contributed by atoms with E-state index >= 15 is 0 Å². The van der Waals surface area contributed by atoms with Crippen LogP contribution in [0.3, 0.4) is 0 Å². The van der Waals surface area contributed by atoms with Crippen LogP contribution in [0.4, 0.5) is 11.6 Å². The Morgan fingerprint density at radius 1 is 0.902 bits per heavy atom. The molecule has 1 aliphatic carbocycles. The summed E-state index contributed by atoms with van der Waals surface area (Å²) in [7, 11) is 0. The topological polar surface area (TPSA) is 82.1 Å². The van der Waals surface area contributed by atoms with Gasteiger partial charge in [-0.15, -0.1) is 0 Å². The Labute approximate surface area is 244 Å². The second-order valence-corrected chi connectivity index (χ2v) is 12.0. The SMILES string of the molecule is Cc1cccc2c1N(C(=O)C1CCCCC1)CCCN(C(C)C)CCN(C(=O)c1cnc(N3CCOCC3)nc1)C2. The van der Waals surface area contributed by atoms with E-state index in [1.807, 2.05) is 11.0 Å². The molecule has 0 N–H and O–H groups in total. The molecule has 1 aromatic heterocycles. The monoisotopic (exact) mass is 562 g/mol. The van der Waals surface area contributed by atoms with Gasteiger partial charge in [-0.2, -0.15) is 0 Å². The van der Waals surface area contributed by atoms with Crippen LogP contribution >= 0.6 is 0 Å². The summed E-state index contributed by atoms with van der Waals surface area (Å²) in [5.74, 6) is 0.883. The van der Waals surface area contributed by atoms with Crippen LogP contribution < -0.4 is 9.80 Å². The van der Waals surface area contributed by atoms with Crippen molar-refractivity contribution < 1.29 is 14.3 Å². The molecule has 3 heterocycles. The third kappa shape index (κ3) is 7.07. The highest BCUT2D eigenvalue weighted by Gasteiger charge is 2.31. The Balaban J connectivity index is 1.45. The lowest BCUT2D eigenvalue weighted by Gasteiger charge is -2.33. The fraction of sp³-hybridized carbons (Fsp3) is 0.625. The van der Waals surface area contributed by atoms with Crippen molar-refractivity contribution in [2.24, 2.45) is 5.92 Å². The van der Waals surface area contributed by atoms with Gasteiger partial charge in [-0.3, -0.25) is 14.5 Å². The number of aromatic nitrogens is 2. The lowest BCUT2D eigenvalue weighted by molar-refractivity contribution is -0.123. The number of nitrogens with zero attached hydrogens (tertiary/aromatic N) is 6. The minimum absolute atomic E-state index is 0.0842. The Morgan fingerprint density at radius 2 is 1.63 bits per heavy atom. The maximum atomic E-state index is 14.0. The molecular weight excluding hydrogens is 516 g/mol. The van der Waals surface area contributed by atoms with Crippen LogP contribution in [0.25, 0.3) is 0 Å². The van der Waals surface area contributed by atoms with Gasteiger partial charge < -0.3 is 19.4 Å². The number of carbonyl (C=O) groups is 2. The Hall–Kier alpha value is -3.04. The number of hydrogen-bond acceptors (Lipinski definition) is 7. The first kappa shape index (κ1) is 29.5. The van der Waals surface area contributed by atoms with Crippen molar-refractivity contribution in [3.8, 4) is 0 Å². The fourth-order valence-electron chi connectivity index (χ4n) is 6.44. The predicted molar refractivity (Wildman–Crippen MR) is 161 cm³/mol. The molecule has 2 amide bonds. The summed E-state index contributed by atoms with van der Waals surface area (Å²) in [4.78, 5) is 45.6. The maximum absolute atomic E-state index is 14.0. The van der Waals surface area contributed by atoms with Gasteiger partial charge in [0, 0.05) is 70.2 Å². The molecule has 0 bridgehead atoms. The van der Waals surface area contributed by atoms with Crippen molar-refractivity contribution in [1.82, 2.24) is 19.8 Å². The summed E-state index contributed by atoms with van der Waals surface area (Å²) in [5, 5.41) is 0. The number of ether oxygens (including phenoxy) is 1. The largest absolute Gasteiger partial charge is 0.378 e. The number of morpholine rings is 1. The molecule has 5 rings (SSSR count). The highest BCUT2D eigenvalue weighted by Crippen LogP contribution is 2.33. The first-order valence-corrected chi connectivity index (χ1v) is 15.5.